The number of hydrogen-bond acceptors (Lipinski definition) is 6. The van der Waals surface area contributed by atoms with Crippen LogP contribution in [0.2, 0.25) is 0 Å². The lowest BCUT2D eigenvalue weighted by Gasteiger charge is -2.17. The van der Waals surface area contributed by atoms with Crippen LogP contribution in [0, 0.1) is 11.8 Å². The van der Waals surface area contributed by atoms with E-state index >= 15 is 0 Å². The maximum atomic E-state index is 11.7. The van der Waals surface area contributed by atoms with Gasteiger partial charge >= 0.3 is 11.9 Å². The third-order valence-corrected chi connectivity index (χ3v) is 2.85. The molecule has 0 heterocycles. The summed E-state index contributed by atoms with van der Waals surface area (Å²) in [6, 6.07) is 0. The molecule has 0 N–H and O–H groups in total. The Kier molecular flexibility index (Phi) is 11.0. The smallest absolute Gasteiger partial charge is 0.309 e. The molecule has 0 amide bonds. The van der Waals surface area contributed by atoms with E-state index in [4.69, 9.17) is 18.9 Å². The van der Waals surface area contributed by atoms with E-state index in [0.717, 1.165) is 0 Å². The standard InChI is InChI=1S/C14H26O6/c1-5-17-7-9-19-13(15)11(3)12(4)14(16)20-10-8-18-6-2/h11-12H,5-10H2,1-4H3. The lowest BCUT2D eigenvalue weighted by Crippen LogP contribution is -2.30. The van der Waals surface area contributed by atoms with Crippen molar-refractivity contribution in [1.29, 1.82) is 0 Å². The summed E-state index contributed by atoms with van der Waals surface area (Å²) in [7, 11) is 0. The fraction of sp³-hybridized carbons (Fsp3) is 0.857. The van der Waals surface area contributed by atoms with Crippen LogP contribution in [-0.2, 0) is 28.5 Å². The van der Waals surface area contributed by atoms with E-state index in [2.05, 4.69) is 0 Å². The van der Waals surface area contributed by atoms with Gasteiger partial charge in [0.2, 0.25) is 0 Å². The minimum Gasteiger partial charge on any atom is -0.463 e. The van der Waals surface area contributed by atoms with Gasteiger partial charge in [0, 0.05) is 13.2 Å². The van der Waals surface area contributed by atoms with Gasteiger partial charge < -0.3 is 18.9 Å². The molecule has 2 atom stereocenters. The van der Waals surface area contributed by atoms with Crippen molar-refractivity contribution >= 4 is 11.9 Å². The Bertz CT molecular complexity index is 251. The molecule has 0 saturated carbocycles. The number of ether oxygens (including phenoxy) is 4. The molecule has 0 aliphatic carbocycles. The minimum absolute atomic E-state index is 0.198. The van der Waals surface area contributed by atoms with E-state index in [9.17, 15) is 9.59 Å². The molecule has 0 spiro atoms. The van der Waals surface area contributed by atoms with Crippen molar-refractivity contribution in [2.24, 2.45) is 11.8 Å². The second kappa shape index (κ2) is 11.7. The van der Waals surface area contributed by atoms with Crippen molar-refractivity contribution in [2.75, 3.05) is 39.6 Å². The Morgan fingerprint density at radius 2 is 1.10 bits per heavy atom. The first-order chi connectivity index (χ1) is 9.54. The highest BCUT2D eigenvalue weighted by molar-refractivity contribution is 5.81. The van der Waals surface area contributed by atoms with Gasteiger partial charge in [-0.15, -0.1) is 0 Å². The van der Waals surface area contributed by atoms with Crippen LogP contribution >= 0.6 is 0 Å². The maximum absolute atomic E-state index is 11.7. The van der Waals surface area contributed by atoms with Gasteiger partial charge in [-0.25, -0.2) is 0 Å². The van der Waals surface area contributed by atoms with E-state index in [1.165, 1.54) is 0 Å². The summed E-state index contributed by atoms with van der Waals surface area (Å²) in [4.78, 5) is 23.4. The van der Waals surface area contributed by atoms with Gasteiger partial charge in [-0.05, 0) is 13.8 Å². The molecule has 0 fully saturated rings. The molecule has 0 radical (unpaired) electrons. The highest BCUT2D eigenvalue weighted by Gasteiger charge is 2.28. The molecule has 6 nitrogen and oxygen atoms in total. The number of rotatable bonds is 11. The molecule has 0 aromatic carbocycles. The Morgan fingerprint density at radius 3 is 1.40 bits per heavy atom. The zero-order chi connectivity index (χ0) is 15.4. The van der Waals surface area contributed by atoms with Gasteiger partial charge in [0.15, 0.2) is 0 Å². The highest BCUT2D eigenvalue weighted by Crippen LogP contribution is 2.14. The molecule has 0 aliphatic heterocycles. The van der Waals surface area contributed by atoms with Gasteiger partial charge in [-0.2, -0.15) is 0 Å². The summed E-state index contributed by atoms with van der Waals surface area (Å²) in [5.74, 6) is -1.93. The molecular formula is C14H26O6. The van der Waals surface area contributed by atoms with Gasteiger partial charge in [0.25, 0.3) is 0 Å². The molecule has 0 bridgehead atoms. The summed E-state index contributed by atoms with van der Waals surface area (Å²) in [5.41, 5.74) is 0. The summed E-state index contributed by atoms with van der Waals surface area (Å²) >= 11 is 0. The monoisotopic (exact) mass is 290 g/mol. The predicted molar refractivity (Wildman–Crippen MR) is 73.2 cm³/mol. The fourth-order valence-electron chi connectivity index (χ4n) is 1.36. The van der Waals surface area contributed by atoms with Gasteiger partial charge in [-0.3, -0.25) is 9.59 Å². The summed E-state index contributed by atoms with van der Waals surface area (Å²) in [5, 5.41) is 0. The van der Waals surface area contributed by atoms with Crippen LogP contribution in [0.3, 0.4) is 0 Å². The Balaban J connectivity index is 3.95. The first kappa shape index (κ1) is 18.9. The lowest BCUT2D eigenvalue weighted by molar-refractivity contribution is -0.160. The molecule has 20 heavy (non-hydrogen) atoms. The van der Waals surface area contributed by atoms with Crippen molar-refractivity contribution < 1.29 is 28.5 Å². The van der Waals surface area contributed by atoms with Gasteiger partial charge in [-0.1, -0.05) is 13.8 Å². The van der Waals surface area contributed by atoms with Crippen LogP contribution in [0.15, 0.2) is 0 Å². The van der Waals surface area contributed by atoms with E-state index in [-0.39, 0.29) is 13.2 Å². The largest absolute Gasteiger partial charge is 0.463 e. The van der Waals surface area contributed by atoms with Crippen molar-refractivity contribution in [1.82, 2.24) is 0 Å². The second-order valence-electron chi connectivity index (χ2n) is 4.31. The van der Waals surface area contributed by atoms with Crippen molar-refractivity contribution in [3.63, 3.8) is 0 Å². The predicted octanol–water partition coefficient (Wildman–Crippen LogP) is 1.42. The van der Waals surface area contributed by atoms with Crippen LogP contribution in [0.5, 0.6) is 0 Å². The first-order valence-electron chi connectivity index (χ1n) is 7.03. The summed E-state index contributed by atoms with van der Waals surface area (Å²) in [6.07, 6.45) is 0. The zero-order valence-corrected chi connectivity index (χ0v) is 12.8. The molecule has 0 rings (SSSR count). The number of hydrogen-bond donors (Lipinski definition) is 0. The number of carbonyl (C=O) groups excluding carboxylic acids is 2. The summed E-state index contributed by atoms with van der Waals surface area (Å²) < 4.78 is 20.2. The minimum atomic E-state index is -0.545. The molecular weight excluding hydrogens is 264 g/mol. The van der Waals surface area contributed by atoms with E-state index < -0.39 is 23.8 Å². The number of esters is 2. The molecule has 2 unspecified atom stereocenters. The average molecular weight is 290 g/mol. The van der Waals surface area contributed by atoms with Crippen molar-refractivity contribution in [3.05, 3.63) is 0 Å². The average Bonchev–Trinajstić information content (AvgIpc) is 2.46. The second-order valence-corrected chi connectivity index (χ2v) is 4.31. The van der Waals surface area contributed by atoms with Crippen molar-refractivity contribution in [2.45, 2.75) is 27.7 Å². The third kappa shape index (κ3) is 8.12. The summed E-state index contributed by atoms with van der Waals surface area (Å²) in [6.45, 7) is 9.31. The lowest BCUT2D eigenvalue weighted by atomic mass is 9.96. The number of carbonyl (C=O) groups is 2. The first-order valence-corrected chi connectivity index (χ1v) is 7.03. The Hall–Kier alpha value is -1.14. The Labute approximate surface area is 120 Å². The van der Waals surface area contributed by atoms with Crippen LogP contribution in [0.1, 0.15) is 27.7 Å². The van der Waals surface area contributed by atoms with Gasteiger partial charge in [0.05, 0.1) is 25.0 Å². The zero-order valence-electron chi connectivity index (χ0n) is 12.8. The van der Waals surface area contributed by atoms with Crippen LogP contribution < -0.4 is 0 Å². The van der Waals surface area contributed by atoms with E-state index in [1.54, 1.807) is 13.8 Å². The maximum Gasteiger partial charge on any atom is 0.309 e. The van der Waals surface area contributed by atoms with Gasteiger partial charge in [0.1, 0.15) is 13.2 Å². The topological polar surface area (TPSA) is 71.1 Å². The highest BCUT2D eigenvalue weighted by atomic mass is 16.6. The van der Waals surface area contributed by atoms with E-state index in [1.807, 2.05) is 13.8 Å². The van der Waals surface area contributed by atoms with Crippen LogP contribution in [0.25, 0.3) is 0 Å². The molecule has 6 heteroatoms. The molecule has 0 saturated heterocycles. The molecule has 0 aromatic rings. The fourth-order valence-corrected chi connectivity index (χ4v) is 1.36. The SMILES string of the molecule is CCOCCOC(=O)C(C)C(C)C(=O)OCCOCC. The third-order valence-electron chi connectivity index (χ3n) is 2.85. The quantitative estimate of drug-likeness (QED) is 0.423. The van der Waals surface area contributed by atoms with Crippen LogP contribution in [0.4, 0.5) is 0 Å². The molecule has 0 aliphatic rings. The molecule has 118 valence electrons. The van der Waals surface area contributed by atoms with Crippen LogP contribution in [-0.4, -0.2) is 51.6 Å². The van der Waals surface area contributed by atoms with E-state index in [0.29, 0.717) is 26.4 Å². The Morgan fingerprint density at radius 1 is 0.750 bits per heavy atom. The molecule has 0 aromatic heterocycles. The van der Waals surface area contributed by atoms with Crippen molar-refractivity contribution in [3.8, 4) is 0 Å². The normalized spacial score (nSPS) is 13.6.